The van der Waals surface area contributed by atoms with Gasteiger partial charge in [0.15, 0.2) is 0 Å². The van der Waals surface area contributed by atoms with Crippen molar-refractivity contribution in [2.75, 3.05) is 13.7 Å². The van der Waals surface area contributed by atoms with Gasteiger partial charge in [0.2, 0.25) is 0 Å². The normalized spacial score (nSPS) is 15.3. The average molecular weight is 362 g/mol. The Labute approximate surface area is 156 Å². The Balaban J connectivity index is 2.02. The summed E-state index contributed by atoms with van der Waals surface area (Å²) in [5, 5.41) is 10.9. The number of nitrogens with zero attached hydrogens (tertiary/aromatic N) is 1. The number of carbonyl (C=O) groups excluding carboxylic acids is 3. The highest BCUT2D eigenvalue weighted by Crippen LogP contribution is 2.29. The van der Waals surface area contributed by atoms with E-state index in [2.05, 4.69) is 0 Å². The minimum atomic E-state index is -1.50. The average Bonchev–Trinajstić information content (AvgIpc) is 2.68. The molecular formula is C21H16NO5-. The zero-order valence-electron chi connectivity index (χ0n) is 14.5. The van der Waals surface area contributed by atoms with Gasteiger partial charge in [-0.1, -0.05) is 48.6 Å². The van der Waals surface area contributed by atoms with Gasteiger partial charge >= 0.3 is 0 Å². The van der Waals surface area contributed by atoms with Gasteiger partial charge in [0, 0.05) is 16.7 Å². The number of ether oxygens (including phenoxy) is 1. The number of rotatable bonds is 5. The van der Waals surface area contributed by atoms with Crippen molar-refractivity contribution in [3.63, 3.8) is 0 Å². The Morgan fingerprint density at radius 1 is 1.04 bits per heavy atom. The fourth-order valence-corrected chi connectivity index (χ4v) is 2.89. The van der Waals surface area contributed by atoms with E-state index in [1.165, 1.54) is 0 Å². The predicted molar refractivity (Wildman–Crippen MR) is 97.5 cm³/mol. The van der Waals surface area contributed by atoms with Crippen molar-refractivity contribution in [3.05, 3.63) is 77.4 Å². The maximum atomic E-state index is 12.7. The molecule has 0 spiro atoms. The number of para-hydroxylation sites is 1. The van der Waals surface area contributed by atoms with Gasteiger partial charge in [-0.25, -0.2) is 0 Å². The number of amides is 2. The molecule has 2 aromatic carbocycles. The molecule has 0 fully saturated rings. The van der Waals surface area contributed by atoms with Crippen molar-refractivity contribution in [2.24, 2.45) is 0 Å². The number of aliphatic carboxylic acids is 1. The summed E-state index contributed by atoms with van der Waals surface area (Å²) in [6.45, 7) is -0.792. The number of hydrogen-bond donors (Lipinski definition) is 0. The molecule has 6 nitrogen and oxygen atoms in total. The SMILES string of the molecule is COc1ccccc1/C=C/C=C1\C(=O)N(CC(=O)[O-])C(=O)c2ccccc21. The van der Waals surface area contributed by atoms with E-state index in [-0.39, 0.29) is 11.1 Å². The fraction of sp³-hybridized carbons (Fsp3) is 0.0952. The topological polar surface area (TPSA) is 86.7 Å². The van der Waals surface area contributed by atoms with Gasteiger partial charge in [0.05, 0.1) is 19.6 Å². The molecule has 1 aliphatic heterocycles. The first kappa shape index (κ1) is 18.1. The second-order valence-electron chi connectivity index (χ2n) is 5.80. The molecule has 2 aromatic rings. The molecule has 27 heavy (non-hydrogen) atoms. The van der Waals surface area contributed by atoms with Crippen LogP contribution in [0, 0.1) is 0 Å². The Morgan fingerprint density at radius 3 is 2.41 bits per heavy atom. The number of fused-ring (bicyclic) bond motifs is 1. The molecule has 6 heteroatoms. The van der Waals surface area contributed by atoms with E-state index >= 15 is 0 Å². The summed E-state index contributed by atoms with van der Waals surface area (Å²) >= 11 is 0. The summed E-state index contributed by atoms with van der Waals surface area (Å²) in [4.78, 5) is 36.7. The lowest BCUT2D eigenvalue weighted by atomic mass is 9.93. The van der Waals surface area contributed by atoms with Gasteiger partial charge in [0.25, 0.3) is 11.8 Å². The largest absolute Gasteiger partial charge is 0.548 e. The van der Waals surface area contributed by atoms with Crippen LogP contribution in [0.25, 0.3) is 11.6 Å². The molecule has 0 unspecified atom stereocenters. The van der Waals surface area contributed by atoms with Crippen molar-refractivity contribution >= 4 is 29.4 Å². The van der Waals surface area contributed by atoms with Gasteiger partial charge in [-0.05, 0) is 23.8 Å². The third kappa shape index (κ3) is 3.64. The molecule has 0 bridgehead atoms. The monoisotopic (exact) mass is 362 g/mol. The zero-order chi connectivity index (χ0) is 19.4. The molecular weight excluding hydrogens is 346 g/mol. The van der Waals surface area contributed by atoms with Gasteiger partial charge in [-0.2, -0.15) is 0 Å². The molecule has 0 saturated heterocycles. The van der Waals surface area contributed by atoms with E-state index in [0.29, 0.717) is 16.2 Å². The maximum Gasteiger partial charge on any atom is 0.261 e. The van der Waals surface area contributed by atoms with E-state index in [1.807, 2.05) is 24.3 Å². The summed E-state index contributed by atoms with van der Waals surface area (Å²) in [5.41, 5.74) is 1.79. The van der Waals surface area contributed by atoms with E-state index < -0.39 is 24.3 Å². The van der Waals surface area contributed by atoms with E-state index in [1.54, 1.807) is 49.6 Å². The van der Waals surface area contributed by atoms with Crippen LogP contribution in [0.1, 0.15) is 21.5 Å². The third-order valence-electron chi connectivity index (χ3n) is 4.13. The highest BCUT2D eigenvalue weighted by molar-refractivity contribution is 6.31. The molecule has 1 aliphatic rings. The zero-order valence-corrected chi connectivity index (χ0v) is 14.5. The smallest absolute Gasteiger partial charge is 0.261 e. The first-order valence-electron chi connectivity index (χ1n) is 8.19. The highest BCUT2D eigenvalue weighted by Gasteiger charge is 2.34. The summed E-state index contributed by atoms with van der Waals surface area (Å²) in [6.07, 6.45) is 4.98. The standard InChI is InChI=1S/C21H17NO5/c1-27-18-12-5-2-7-14(18)8-6-11-17-15-9-3-4-10-16(15)20(25)22(21(17)26)13-19(23)24/h2-12H,13H2,1H3,(H,23,24)/p-1/b8-6+,17-11-. The van der Waals surface area contributed by atoms with Gasteiger partial charge in [-0.15, -0.1) is 0 Å². The molecule has 0 N–H and O–H groups in total. The van der Waals surface area contributed by atoms with Crippen LogP contribution < -0.4 is 9.84 Å². The summed E-state index contributed by atoms with van der Waals surface area (Å²) < 4.78 is 5.28. The van der Waals surface area contributed by atoms with Crippen LogP contribution in [0.4, 0.5) is 0 Å². The van der Waals surface area contributed by atoms with Gasteiger partial charge < -0.3 is 14.6 Å². The minimum absolute atomic E-state index is 0.234. The first-order valence-corrected chi connectivity index (χ1v) is 8.19. The number of allylic oxidation sites excluding steroid dienone is 2. The van der Waals surface area contributed by atoms with Gasteiger partial charge in [-0.3, -0.25) is 14.5 Å². The Morgan fingerprint density at radius 2 is 1.70 bits per heavy atom. The van der Waals surface area contributed by atoms with Crippen molar-refractivity contribution in [3.8, 4) is 5.75 Å². The van der Waals surface area contributed by atoms with Gasteiger partial charge in [0.1, 0.15) is 5.75 Å². The molecule has 1 heterocycles. The van der Waals surface area contributed by atoms with Crippen LogP contribution >= 0.6 is 0 Å². The second-order valence-corrected chi connectivity index (χ2v) is 5.80. The lowest BCUT2D eigenvalue weighted by molar-refractivity contribution is -0.305. The molecule has 0 aliphatic carbocycles. The van der Waals surface area contributed by atoms with Crippen LogP contribution in [-0.2, 0) is 9.59 Å². The molecule has 2 amide bonds. The molecule has 136 valence electrons. The quantitative estimate of drug-likeness (QED) is 0.595. The molecule has 3 rings (SSSR count). The Hall–Kier alpha value is -3.67. The van der Waals surface area contributed by atoms with E-state index in [4.69, 9.17) is 4.74 Å². The van der Waals surface area contributed by atoms with Crippen molar-refractivity contribution in [1.82, 2.24) is 4.90 Å². The minimum Gasteiger partial charge on any atom is -0.548 e. The van der Waals surface area contributed by atoms with Crippen LogP contribution in [0.2, 0.25) is 0 Å². The van der Waals surface area contributed by atoms with Crippen LogP contribution in [0.15, 0.2) is 60.7 Å². The second kappa shape index (κ2) is 7.70. The lowest BCUT2D eigenvalue weighted by Crippen LogP contribution is -2.47. The first-order chi connectivity index (χ1) is 13.0. The van der Waals surface area contributed by atoms with Crippen LogP contribution in [-0.4, -0.2) is 36.3 Å². The number of carboxylic acid groups (broad SMARTS) is 1. The highest BCUT2D eigenvalue weighted by atomic mass is 16.5. The number of benzene rings is 2. The summed E-state index contributed by atoms with van der Waals surface area (Å²) in [5.74, 6) is -2.14. The van der Waals surface area contributed by atoms with Crippen molar-refractivity contribution in [1.29, 1.82) is 0 Å². The fourth-order valence-electron chi connectivity index (χ4n) is 2.89. The molecule has 0 radical (unpaired) electrons. The number of methoxy groups -OCH3 is 1. The third-order valence-corrected chi connectivity index (χ3v) is 4.13. The molecule has 0 aromatic heterocycles. The Kier molecular flexibility index (Phi) is 5.17. The molecule has 0 saturated carbocycles. The predicted octanol–water partition coefficient (Wildman–Crippen LogP) is 1.52. The number of carbonyl (C=O) groups is 3. The van der Waals surface area contributed by atoms with Crippen LogP contribution in [0.5, 0.6) is 5.75 Å². The van der Waals surface area contributed by atoms with Crippen LogP contribution in [0.3, 0.4) is 0 Å². The molecule has 0 atom stereocenters. The number of hydrogen-bond acceptors (Lipinski definition) is 5. The number of imide groups is 1. The van der Waals surface area contributed by atoms with E-state index in [0.717, 1.165) is 5.56 Å². The van der Waals surface area contributed by atoms with Crippen molar-refractivity contribution in [2.45, 2.75) is 0 Å². The Bertz CT molecular complexity index is 974. The maximum absolute atomic E-state index is 12.7. The number of carboxylic acids is 1. The van der Waals surface area contributed by atoms with Crippen molar-refractivity contribution < 1.29 is 24.2 Å². The summed E-state index contributed by atoms with van der Waals surface area (Å²) in [6, 6.07) is 14.0. The summed E-state index contributed by atoms with van der Waals surface area (Å²) in [7, 11) is 1.56. The lowest BCUT2D eigenvalue weighted by Gasteiger charge is -2.28. The van der Waals surface area contributed by atoms with E-state index in [9.17, 15) is 19.5 Å².